The van der Waals surface area contributed by atoms with Crippen molar-refractivity contribution in [2.45, 2.75) is 13.3 Å². The van der Waals surface area contributed by atoms with Gasteiger partial charge < -0.3 is 5.32 Å². The third-order valence-electron chi connectivity index (χ3n) is 0.738. The molecule has 0 aromatic heterocycles. The van der Waals surface area contributed by atoms with E-state index in [1.807, 2.05) is 0 Å². The Morgan fingerprint density at radius 2 is 2.43 bits per heavy atom. The third kappa shape index (κ3) is 5.70. The van der Waals surface area contributed by atoms with Crippen molar-refractivity contribution in [2.75, 3.05) is 13.1 Å². The smallest absolute Gasteiger partial charge is 0.00143 e. The topological polar surface area (TPSA) is 12.0 Å². The largest absolute Gasteiger partial charge is 0.317 e. The molecule has 0 rings (SSSR count). The van der Waals surface area contributed by atoms with Crippen LogP contribution >= 0.6 is 0 Å². The van der Waals surface area contributed by atoms with Crippen molar-refractivity contribution in [2.24, 2.45) is 0 Å². The van der Waals surface area contributed by atoms with Gasteiger partial charge in [0.15, 0.2) is 0 Å². The van der Waals surface area contributed by atoms with Crippen LogP contribution in [0.4, 0.5) is 0 Å². The molecule has 0 unspecified atom stereocenters. The van der Waals surface area contributed by atoms with Gasteiger partial charge in [0.2, 0.25) is 0 Å². The van der Waals surface area contributed by atoms with Crippen molar-refractivity contribution in [3.8, 4) is 0 Å². The van der Waals surface area contributed by atoms with Gasteiger partial charge in [0.05, 0.1) is 0 Å². The van der Waals surface area contributed by atoms with Crippen LogP contribution in [0.25, 0.3) is 0 Å². The molecule has 0 atom stereocenters. The van der Waals surface area contributed by atoms with Gasteiger partial charge >= 0.3 is 0 Å². The van der Waals surface area contributed by atoms with Crippen LogP contribution in [0.15, 0.2) is 6.08 Å². The van der Waals surface area contributed by atoms with Crippen LogP contribution in [-0.2, 0) is 0 Å². The molecule has 0 saturated heterocycles. The second-order valence-electron chi connectivity index (χ2n) is 1.38. The molecule has 0 aliphatic rings. The Bertz CT molecular complexity index is 41.4. The predicted octanol–water partition coefficient (Wildman–Crippen LogP) is 0.975. The van der Waals surface area contributed by atoms with Crippen molar-refractivity contribution in [3.05, 3.63) is 12.7 Å². The van der Waals surface area contributed by atoms with Gasteiger partial charge in [-0.2, -0.15) is 0 Å². The van der Waals surface area contributed by atoms with Crippen LogP contribution in [0.5, 0.6) is 0 Å². The zero-order valence-corrected chi connectivity index (χ0v) is 4.78. The number of rotatable bonds is 4. The van der Waals surface area contributed by atoms with Crippen molar-refractivity contribution < 1.29 is 0 Å². The first-order chi connectivity index (χ1) is 3.41. The van der Waals surface area contributed by atoms with Crippen LogP contribution < -0.4 is 5.32 Å². The molecule has 1 heteroatoms. The van der Waals surface area contributed by atoms with Crippen LogP contribution in [-0.4, -0.2) is 13.1 Å². The highest BCUT2D eigenvalue weighted by Gasteiger charge is 1.74. The Balaban J connectivity index is 2.56. The fourth-order valence-corrected chi connectivity index (χ4v) is 0.362. The SMILES string of the molecule is [CH]=CCCNCC. The summed E-state index contributed by atoms with van der Waals surface area (Å²) in [7, 11) is 0. The molecule has 0 saturated carbocycles. The fraction of sp³-hybridized carbons (Fsp3) is 0.667. The molecule has 0 spiro atoms. The normalized spacial score (nSPS) is 8.71. The van der Waals surface area contributed by atoms with E-state index in [4.69, 9.17) is 6.58 Å². The minimum atomic E-state index is 0.966. The van der Waals surface area contributed by atoms with Gasteiger partial charge in [-0.1, -0.05) is 19.6 Å². The third-order valence-corrected chi connectivity index (χ3v) is 0.738. The average Bonchev–Trinajstić information content (AvgIpc) is 1.69. The zero-order valence-electron chi connectivity index (χ0n) is 4.78. The van der Waals surface area contributed by atoms with Crippen molar-refractivity contribution in [3.63, 3.8) is 0 Å². The molecular formula is C6H12N. The molecule has 7 heavy (non-hydrogen) atoms. The molecular weight excluding hydrogens is 86.1 g/mol. The lowest BCUT2D eigenvalue weighted by molar-refractivity contribution is 0.727. The average molecular weight is 98.2 g/mol. The van der Waals surface area contributed by atoms with E-state index in [9.17, 15) is 0 Å². The summed E-state index contributed by atoms with van der Waals surface area (Å²) in [6.45, 7) is 9.23. The van der Waals surface area contributed by atoms with Gasteiger partial charge in [-0.3, -0.25) is 0 Å². The van der Waals surface area contributed by atoms with Gasteiger partial charge in [0.1, 0.15) is 0 Å². The van der Waals surface area contributed by atoms with E-state index >= 15 is 0 Å². The van der Waals surface area contributed by atoms with Crippen molar-refractivity contribution >= 4 is 0 Å². The molecule has 0 amide bonds. The molecule has 0 heterocycles. The van der Waals surface area contributed by atoms with Gasteiger partial charge in [0.25, 0.3) is 0 Å². The molecule has 1 nitrogen and oxygen atoms in total. The summed E-state index contributed by atoms with van der Waals surface area (Å²) in [5.41, 5.74) is 0. The van der Waals surface area contributed by atoms with Crippen LogP contribution in [0.2, 0.25) is 0 Å². The lowest BCUT2D eigenvalue weighted by Gasteiger charge is -1.92. The van der Waals surface area contributed by atoms with E-state index < -0.39 is 0 Å². The summed E-state index contributed by atoms with van der Waals surface area (Å²) in [6, 6.07) is 0. The molecule has 0 bridgehead atoms. The Hall–Kier alpha value is -0.300. The Labute approximate surface area is 45.4 Å². The fourth-order valence-electron chi connectivity index (χ4n) is 0.362. The van der Waals surface area contributed by atoms with Crippen LogP contribution in [0.3, 0.4) is 0 Å². The lowest BCUT2D eigenvalue weighted by atomic mass is 10.4. The Morgan fingerprint density at radius 1 is 1.71 bits per heavy atom. The highest BCUT2D eigenvalue weighted by molar-refractivity contribution is 4.62. The number of hydrogen-bond donors (Lipinski definition) is 1. The molecule has 0 aromatic carbocycles. The molecule has 1 N–H and O–H groups in total. The lowest BCUT2D eigenvalue weighted by Crippen LogP contribution is -2.12. The second-order valence-corrected chi connectivity index (χ2v) is 1.38. The van der Waals surface area contributed by atoms with Gasteiger partial charge in [0, 0.05) is 0 Å². The maximum atomic E-state index is 5.10. The molecule has 0 aliphatic carbocycles. The summed E-state index contributed by atoms with van der Waals surface area (Å²) in [5, 5.41) is 3.14. The summed E-state index contributed by atoms with van der Waals surface area (Å²) >= 11 is 0. The maximum absolute atomic E-state index is 5.10. The predicted molar refractivity (Wildman–Crippen MR) is 32.0 cm³/mol. The molecule has 0 fully saturated rings. The van der Waals surface area contributed by atoms with Crippen molar-refractivity contribution in [1.82, 2.24) is 5.32 Å². The zero-order chi connectivity index (χ0) is 5.54. The molecule has 0 aliphatic heterocycles. The van der Waals surface area contributed by atoms with E-state index in [0.717, 1.165) is 19.5 Å². The van der Waals surface area contributed by atoms with E-state index in [2.05, 4.69) is 12.2 Å². The molecule has 1 radical (unpaired) electrons. The Kier molecular flexibility index (Phi) is 5.46. The quantitative estimate of drug-likeness (QED) is 0.517. The van der Waals surface area contributed by atoms with Gasteiger partial charge in [-0.15, -0.1) is 0 Å². The van der Waals surface area contributed by atoms with Crippen molar-refractivity contribution in [1.29, 1.82) is 0 Å². The monoisotopic (exact) mass is 98.1 g/mol. The van der Waals surface area contributed by atoms with E-state index in [0.29, 0.717) is 0 Å². The van der Waals surface area contributed by atoms with Crippen LogP contribution in [0.1, 0.15) is 13.3 Å². The first-order valence-corrected chi connectivity index (χ1v) is 2.66. The summed E-state index contributed by atoms with van der Waals surface area (Å²) in [5.74, 6) is 0. The van der Waals surface area contributed by atoms with Gasteiger partial charge in [-0.25, -0.2) is 0 Å². The molecule has 0 aromatic rings. The highest BCUT2D eigenvalue weighted by atomic mass is 14.8. The first kappa shape index (κ1) is 6.70. The number of nitrogens with one attached hydrogen (secondary N) is 1. The maximum Gasteiger partial charge on any atom is -0.00143 e. The standard InChI is InChI=1S/C6H12N/c1-3-5-6-7-4-2/h1,3,7H,4-6H2,2H3. The minimum Gasteiger partial charge on any atom is -0.317 e. The molecule has 41 valence electrons. The highest BCUT2D eigenvalue weighted by Crippen LogP contribution is 1.71. The van der Waals surface area contributed by atoms with Crippen LogP contribution in [0, 0.1) is 6.58 Å². The second kappa shape index (κ2) is 5.70. The van der Waals surface area contributed by atoms with E-state index in [1.165, 1.54) is 0 Å². The summed E-state index contributed by atoms with van der Waals surface area (Å²) in [4.78, 5) is 0. The summed E-state index contributed by atoms with van der Waals surface area (Å²) < 4.78 is 0. The summed E-state index contributed by atoms with van der Waals surface area (Å²) in [6.07, 6.45) is 2.64. The van der Waals surface area contributed by atoms with E-state index in [-0.39, 0.29) is 0 Å². The van der Waals surface area contributed by atoms with E-state index in [1.54, 1.807) is 6.08 Å². The van der Waals surface area contributed by atoms with Gasteiger partial charge in [-0.05, 0) is 19.5 Å². The first-order valence-electron chi connectivity index (χ1n) is 2.66. The Morgan fingerprint density at radius 3 is 2.86 bits per heavy atom. The minimum absolute atomic E-state index is 0.966. The number of hydrogen-bond acceptors (Lipinski definition) is 1.